The number of amides is 1. The first-order chi connectivity index (χ1) is 8.29. The molecule has 2 aliphatic rings. The second-order valence-electron chi connectivity index (χ2n) is 6.86. The van der Waals surface area contributed by atoms with E-state index < -0.39 is 0 Å². The third-order valence-electron chi connectivity index (χ3n) is 3.65. The smallest absolute Gasteiger partial charge is 0.227 e. The van der Waals surface area contributed by atoms with Crippen molar-refractivity contribution in [3.63, 3.8) is 0 Å². The third-order valence-corrected chi connectivity index (χ3v) is 3.65. The van der Waals surface area contributed by atoms with Crippen molar-refractivity contribution >= 4 is 5.91 Å². The second-order valence-corrected chi connectivity index (χ2v) is 6.86. The summed E-state index contributed by atoms with van der Waals surface area (Å²) in [5.74, 6) is 0.454. The SMILES string of the molecule is CC1(C)CN(C(=O)C2CCCNC2)CC(C)(C)O1. The summed E-state index contributed by atoms with van der Waals surface area (Å²) in [6, 6.07) is 0. The van der Waals surface area contributed by atoms with Gasteiger partial charge in [0.25, 0.3) is 0 Å². The van der Waals surface area contributed by atoms with Crippen LogP contribution in [0.4, 0.5) is 0 Å². The van der Waals surface area contributed by atoms with Gasteiger partial charge in [-0.25, -0.2) is 0 Å². The fraction of sp³-hybridized carbons (Fsp3) is 0.929. The number of piperidine rings is 1. The molecule has 0 radical (unpaired) electrons. The quantitative estimate of drug-likeness (QED) is 0.769. The zero-order valence-electron chi connectivity index (χ0n) is 12.1. The molecule has 1 atom stereocenters. The first-order valence-electron chi connectivity index (χ1n) is 6.99. The zero-order valence-corrected chi connectivity index (χ0v) is 12.1. The molecule has 2 rings (SSSR count). The van der Waals surface area contributed by atoms with Gasteiger partial charge in [-0.3, -0.25) is 4.79 Å². The minimum absolute atomic E-state index is 0.156. The summed E-state index contributed by atoms with van der Waals surface area (Å²) in [4.78, 5) is 14.6. The van der Waals surface area contributed by atoms with Crippen LogP contribution >= 0.6 is 0 Å². The summed E-state index contributed by atoms with van der Waals surface area (Å²) in [7, 11) is 0. The normalized spacial score (nSPS) is 31.1. The lowest BCUT2D eigenvalue weighted by atomic mass is 9.94. The first kappa shape index (κ1) is 13.8. The highest BCUT2D eigenvalue weighted by atomic mass is 16.5. The molecule has 1 N–H and O–H groups in total. The zero-order chi connectivity index (χ0) is 13.4. The molecule has 0 aromatic heterocycles. The molecule has 0 aliphatic carbocycles. The lowest BCUT2D eigenvalue weighted by molar-refractivity contribution is -0.190. The predicted molar refractivity (Wildman–Crippen MR) is 71.4 cm³/mol. The molecule has 4 heteroatoms. The van der Waals surface area contributed by atoms with Crippen LogP contribution in [0.15, 0.2) is 0 Å². The summed E-state index contributed by atoms with van der Waals surface area (Å²) in [5, 5.41) is 3.32. The number of morpholine rings is 1. The van der Waals surface area contributed by atoms with E-state index in [1.807, 2.05) is 4.90 Å². The maximum atomic E-state index is 12.6. The van der Waals surface area contributed by atoms with Crippen molar-refractivity contribution in [2.45, 2.75) is 51.7 Å². The lowest BCUT2D eigenvalue weighted by Gasteiger charge is -2.48. The van der Waals surface area contributed by atoms with Gasteiger partial charge in [0.15, 0.2) is 0 Å². The standard InChI is InChI=1S/C14H26N2O2/c1-13(2)9-16(10-14(3,4)18-13)12(17)11-6-5-7-15-8-11/h11,15H,5-10H2,1-4H3. The number of rotatable bonds is 1. The number of hydrogen-bond donors (Lipinski definition) is 1. The van der Waals surface area contributed by atoms with Gasteiger partial charge in [0.05, 0.1) is 17.1 Å². The van der Waals surface area contributed by atoms with Crippen molar-refractivity contribution in [1.29, 1.82) is 0 Å². The van der Waals surface area contributed by atoms with Crippen LogP contribution in [0.3, 0.4) is 0 Å². The van der Waals surface area contributed by atoms with Gasteiger partial charge in [0, 0.05) is 19.6 Å². The van der Waals surface area contributed by atoms with Crippen LogP contribution in [0.2, 0.25) is 0 Å². The molecule has 18 heavy (non-hydrogen) atoms. The van der Waals surface area contributed by atoms with Crippen molar-refractivity contribution in [2.24, 2.45) is 5.92 Å². The van der Waals surface area contributed by atoms with Crippen LogP contribution < -0.4 is 5.32 Å². The minimum Gasteiger partial charge on any atom is -0.366 e. The van der Waals surface area contributed by atoms with Crippen molar-refractivity contribution in [3.05, 3.63) is 0 Å². The predicted octanol–water partition coefficient (Wildman–Crippen LogP) is 1.40. The van der Waals surface area contributed by atoms with E-state index >= 15 is 0 Å². The average Bonchev–Trinajstić information content (AvgIpc) is 2.25. The Morgan fingerprint density at radius 2 is 1.83 bits per heavy atom. The Morgan fingerprint density at radius 1 is 1.22 bits per heavy atom. The topological polar surface area (TPSA) is 41.6 Å². The number of ether oxygens (including phenoxy) is 1. The molecule has 2 fully saturated rings. The molecule has 104 valence electrons. The number of nitrogens with zero attached hydrogens (tertiary/aromatic N) is 1. The van der Waals surface area contributed by atoms with Crippen LogP contribution in [0.1, 0.15) is 40.5 Å². The molecule has 0 bridgehead atoms. The van der Waals surface area contributed by atoms with Crippen LogP contribution in [0, 0.1) is 5.92 Å². The Balaban J connectivity index is 2.05. The molecule has 0 aromatic rings. The Labute approximate surface area is 110 Å². The Bertz CT molecular complexity index is 304. The molecule has 2 heterocycles. The molecule has 0 spiro atoms. The summed E-state index contributed by atoms with van der Waals surface area (Å²) >= 11 is 0. The van der Waals surface area contributed by atoms with Crippen molar-refractivity contribution in [1.82, 2.24) is 10.2 Å². The fourth-order valence-corrected chi connectivity index (χ4v) is 3.26. The van der Waals surface area contributed by atoms with E-state index in [9.17, 15) is 4.79 Å². The van der Waals surface area contributed by atoms with E-state index in [0.717, 1.165) is 25.9 Å². The molecule has 4 nitrogen and oxygen atoms in total. The van der Waals surface area contributed by atoms with Gasteiger partial charge in [-0.15, -0.1) is 0 Å². The largest absolute Gasteiger partial charge is 0.366 e. The average molecular weight is 254 g/mol. The molecule has 0 saturated carbocycles. The van der Waals surface area contributed by atoms with E-state index in [0.29, 0.717) is 19.0 Å². The molecular weight excluding hydrogens is 228 g/mol. The van der Waals surface area contributed by atoms with E-state index in [1.54, 1.807) is 0 Å². The monoisotopic (exact) mass is 254 g/mol. The first-order valence-corrected chi connectivity index (χ1v) is 6.99. The van der Waals surface area contributed by atoms with Crippen LogP contribution in [-0.4, -0.2) is 48.2 Å². The number of carbonyl (C=O) groups excluding carboxylic acids is 1. The van der Waals surface area contributed by atoms with E-state index in [2.05, 4.69) is 33.0 Å². The van der Waals surface area contributed by atoms with Gasteiger partial charge in [-0.2, -0.15) is 0 Å². The molecule has 0 aromatic carbocycles. The highest BCUT2D eigenvalue weighted by Gasteiger charge is 2.41. The van der Waals surface area contributed by atoms with Gasteiger partial charge in [-0.05, 0) is 47.1 Å². The summed E-state index contributed by atoms with van der Waals surface area (Å²) in [6.07, 6.45) is 2.12. The molecule has 2 saturated heterocycles. The highest BCUT2D eigenvalue weighted by molar-refractivity contribution is 5.79. The summed E-state index contributed by atoms with van der Waals surface area (Å²) in [6.45, 7) is 11.5. The van der Waals surface area contributed by atoms with Crippen molar-refractivity contribution < 1.29 is 9.53 Å². The van der Waals surface area contributed by atoms with Crippen LogP contribution in [0.5, 0.6) is 0 Å². The molecule has 1 unspecified atom stereocenters. The number of nitrogens with one attached hydrogen (secondary N) is 1. The molecule has 2 aliphatic heterocycles. The summed E-state index contributed by atoms with van der Waals surface area (Å²) < 4.78 is 6.02. The van der Waals surface area contributed by atoms with Gasteiger partial charge >= 0.3 is 0 Å². The molecular formula is C14H26N2O2. The number of hydrogen-bond acceptors (Lipinski definition) is 3. The van der Waals surface area contributed by atoms with Crippen molar-refractivity contribution in [2.75, 3.05) is 26.2 Å². The second kappa shape index (κ2) is 4.82. The van der Waals surface area contributed by atoms with Gasteiger partial charge in [-0.1, -0.05) is 0 Å². The Hall–Kier alpha value is -0.610. The van der Waals surface area contributed by atoms with E-state index in [1.165, 1.54) is 0 Å². The Kier molecular flexibility index (Phi) is 3.70. The van der Waals surface area contributed by atoms with Crippen molar-refractivity contribution in [3.8, 4) is 0 Å². The van der Waals surface area contributed by atoms with E-state index in [4.69, 9.17) is 4.74 Å². The Morgan fingerprint density at radius 3 is 2.33 bits per heavy atom. The number of carbonyl (C=O) groups is 1. The summed E-state index contributed by atoms with van der Waals surface area (Å²) in [5.41, 5.74) is -0.501. The van der Waals surface area contributed by atoms with E-state index in [-0.39, 0.29) is 17.1 Å². The van der Waals surface area contributed by atoms with Crippen LogP contribution in [0.25, 0.3) is 0 Å². The van der Waals surface area contributed by atoms with Gasteiger partial charge in [0.2, 0.25) is 5.91 Å². The maximum Gasteiger partial charge on any atom is 0.227 e. The fourth-order valence-electron chi connectivity index (χ4n) is 3.26. The third kappa shape index (κ3) is 3.23. The lowest BCUT2D eigenvalue weighted by Crippen LogP contribution is -2.60. The van der Waals surface area contributed by atoms with Gasteiger partial charge in [0.1, 0.15) is 0 Å². The maximum absolute atomic E-state index is 12.6. The highest BCUT2D eigenvalue weighted by Crippen LogP contribution is 2.29. The molecule has 1 amide bonds. The van der Waals surface area contributed by atoms with Gasteiger partial charge < -0.3 is 15.0 Å². The minimum atomic E-state index is -0.250. The van der Waals surface area contributed by atoms with Crippen LogP contribution in [-0.2, 0) is 9.53 Å².